The smallest absolute Gasteiger partial charge is 0.250 e. The van der Waals surface area contributed by atoms with Crippen LogP contribution in [0.25, 0.3) is 0 Å². The van der Waals surface area contributed by atoms with Gasteiger partial charge in [-0.15, -0.1) is 0 Å². The van der Waals surface area contributed by atoms with Crippen molar-refractivity contribution >= 4 is 46.4 Å². The van der Waals surface area contributed by atoms with E-state index in [4.69, 9.17) is 28.9 Å². The van der Waals surface area contributed by atoms with Crippen molar-refractivity contribution in [1.82, 2.24) is 0 Å². The van der Waals surface area contributed by atoms with Crippen LogP contribution in [0.1, 0.15) is 20.3 Å². The Hall–Kier alpha value is -1.46. The number of primary amides is 1. The van der Waals surface area contributed by atoms with Gasteiger partial charge in [0.2, 0.25) is 11.8 Å². The molecule has 2 atom stereocenters. The highest BCUT2D eigenvalue weighted by Gasteiger charge is 2.36. The van der Waals surface area contributed by atoms with E-state index in [2.05, 4.69) is 5.32 Å². The van der Waals surface area contributed by atoms with Gasteiger partial charge in [0.25, 0.3) is 0 Å². The predicted octanol–water partition coefficient (Wildman–Crippen LogP) is 2.40. The zero-order valence-electron chi connectivity index (χ0n) is 11.1. The largest absolute Gasteiger partial charge is 0.372 e. The molecule has 7 heteroatoms. The van der Waals surface area contributed by atoms with E-state index in [9.17, 15) is 9.59 Å². The number of hydrogen-bond acceptors (Lipinski definition) is 3. The maximum absolute atomic E-state index is 12.4. The average molecular weight is 316 g/mol. The molecule has 1 aliphatic rings. The highest BCUT2D eigenvalue weighted by atomic mass is 35.5. The summed E-state index contributed by atoms with van der Waals surface area (Å²) in [4.78, 5) is 25.3. The number of carbonyl (C=O) groups excluding carboxylic acids is 2. The maximum Gasteiger partial charge on any atom is 0.250 e. The molecule has 0 spiro atoms. The maximum atomic E-state index is 12.4. The van der Waals surface area contributed by atoms with Gasteiger partial charge in [-0.2, -0.15) is 0 Å². The summed E-state index contributed by atoms with van der Waals surface area (Å²) in [5, 5.41) is 3.80. The van der Waals surface area contributed by atoms with Crippen molar-refractivity contribution in [2.45, 2.75) is 32.4 Å². The summed E-state index contributed by atoms with van der Waals surface area (Å²) < 4.78 is 0. The van der Waals surface area contributed by atoms with Gasteiger partial charge in [0.1, 0.15) is 12.1 Å². The van der Waals surface area contributed by atoms with Gasteiger partial charge in [-0.1, -0.05) is 30.1 Å². The van der Waals surface area contributed by atoms with Gasteiger partial charge >= 0.3 is 0 Å². The van der Waals surface area contributed by atoms with Crippen LogP contribution in [0, 0.1) is 0 Å². The minimum Gasteiger partial charge on any atom is -0.372 e. The van der Waals surface area contributed by atoms with Crippen LogP contribution in [0.3, 0.4) is 0 Å². The molecule has 0 aromatic heterocycles. The molecule has 0 fully saturated rings. The monoisotopic (exact) mass is 315 g/mol. The first-order chi connectivity index (χ1) is 9.36. The molecule has 20 heavy (non-hydrogen) atoms. The quantitative estimate of drug-likeness (QED) is 0.899. The number of carbonyl (C=O) groups is 2. The Kier molecular flexibility index (Phi) is 4.11. The van der Waals surface area contributed by atoms with E-state index in [-0.39, 0.29) is 5.91 Å². The van der Waals surface area contributed by atoms with E-state index in [1.807, 2.05) is 6.92 Å². The van der Waals surface area contributed by atoms with E-state index in [1.54, 1.807) is 19.1 Å². The normalized spacial score (nSPS) is 19.3. The molecule has 3 N–H and O–H groups in total. The SMILES string of the molecule is CCC1Nc2cc(Cl)c(Cl)cc2N(C(C)C(N)=O)C1=O. The number of nitrogens with two attached hydrogens (primary N) is 1. The topological polar surface area (TPSA) is 75.4 Å². The molecule has 108 valence electrons. The molecule has 0 saturated carbocycles. The van der Waals surface area contributed by atoms with Gasteiger partial charge in [-0.3, -0.25) is 14.5 Å². The zero-order chi connectivity index (χ0) is 15.0. The summed E-state index contributed by atoms with van der Waals surface area (Å²) in [5.74, 6) is -0.781. The second-order valence-electron chi connectivity index (χ2n) is 4.68. The lowest BCUT2D eigenvalue weighted by atomic mass is 10.0. The molecular weight excluding hydrogens is 301 g/mol. The Bertz CT molecular complexity index is 577. The molecular formula is C13H15Cl2N3O2. The zero-order valence-corrected chi connectivity index (χ0v) is 12.6. The molecule has 1 aromatic carbocycles. The Morgan fingerprint density at radius 3 is 2.60 bits per heavy atom. The molecule has 0 saturated heterocycles. The van der Waals surface area contributed by atoms with Gasteiger partial charge in [-0.25, -0.2) is 0 Å². The fraction of sp³-hybridized carbons (Fsp3) is 0.385. The van der Waals surface area contributed by atoms with E-state index in [0.717, 1.165) is 0 Å². The molecule has 0 aliphatic carbocycles. The summed E-state index contributed by atoms with van der Waals surface area (Å²) in [6.45, 7) is 3.47. The summed E-state index contributed by atoms with van der Waals surface area (Å²) in [6, 6.07) is 2.04. The van der Waals surface area contributed by atoms with Gasteiger partial charge in [0.15, 0.2) is 0 Å². The van der Waals surface area contributed by atoms with Gasteiger partial charge in [0.05, 0.1) is 21.4 Å². The third kappa shape index (κ3) is 2.43. The molecule has 1 heterocycles. The van der Waals surface area contributed by atoms with Crippen LogP contribution in [0.15, 0.2) is 12.1 Å². The fourth-order valence-corrected chi connectivity index (χ4v) is 2.51. The van der Waals surface area contributed by atoms with Crippen molar-refractivity contribution in [2.24, 2.45) is 5.73 Å². The number of nitrogens with one attached hydrogen (secondary N) is 1. The van der Waals surface area contributed by atoms with Crippen molar-refractivity contribution in [2.75, 3.05) is 10.2 Å². The molecule has 5 nitrogen and oxygen atoms in total. The molecule has 1 aliphatic heterocycles. The van der Waals surface area contributed by atoms with Crippen LogP contribution in [0.2, 0.25) is 10.0 Å². The van der Waals surface area contributed by atoms with Crippen molar-refractivity contribution in [3.05, 3.63) is 22.2 Å². The Balaban J connectivity index is 2.58. The van der Waals surface area contributed by atoms with E-state index >= 15 is 0 Å². The highest BCUT2D eigenvalue weighted by Crippen LogP contribution is 2.39. The second-order valence-corrected chi connectivity index (χ2v) is 5.49. The molecule has 0 bridgehead atoms. The first kappa shape index (κ1) is 14.9. The van der Waals surface area contributed by atoms with Gasteiger partial charge in [0, 0.05) is 0 Å². The molecule has 2 amide bonds. The first-order valence-electron chi connectivity index (χ1n) is 6.24. The van der Waals surface area contributed by atoms with Crippen LogP contribution < -0.4 is 16.0 Å². The first-order valence-corrected chi connectivity index (χ1v) is 7.00. The van der Waals surface area contributed by atoms with Crippen LogP contribution in [-0.2, 0) is 9.59 Å². The Labute approximate surface area is 127 Å². The summed E-state index contributed by atoms with van der Waals surface area (Å²) in [6.07, 6.45) is 0.584. The lowest BCUT2D eigenvalue weighted by molar-refractivity contribution is -0.124. The fourth-order valence-electron chi connectivity index (χ4n) is 2.19. The number of benzene rings is 1. The van der Waals surface area contributed by atoms with E-state index in [0.29, 0.717) is 27.8 Å². The molecule has 2 rings (SSSR count). The lowest BCUT2D eigenvalue weighted by Gasteiger charge is -2.37. The van der Waals surface area contributed by atoms with Crippen LogP contribution in [0.4, 0.5) is 11.4 Å². The summed E-state index contributed by atoms with van der Waals surface area (Å²) in [5.41, 5.74) is 6.51. The van der Waals surface area contributed by atoms with Crippen molar-refractivity contribution in [3.8, 4) is 0 Å². The van der Waals surface area contributed by atoms with Crippen LogP contribution >= 0.6 is 23.2 Å². The minimum atomic E-state index is -0.755. The Morgan fingerprint density at radius 1 is 1.45 bits per heavy atom. The van der Waals surface area contributed by atoms with E-state index in [1.165, 1.54) is 4.90 Å². The van der Waals surface area contributed by atoms with Crippen molar-refractivity contribution in [3.63, 3.8) is 0 Å². The van der Waals surface area contributed by atoms with E-state index < -0.39 is 18.0 Å². The number of anilines is 2. The summed E-state index contributed by atoms with van der Waals surface area (Å²) >= 11 is 12.0. The number of hydrogen-bond donors (Lipinski definition) is 2. The number of halogens is 2. The van der Waals surface area contributed by atoms with Gasteiger partial charge in [-0.05, 0) is 25.5 Å². The number of amides is 2. The highest BCUT2D eigenvalue weighted by molar-refractivity contribution is 6.42. The lowest BCUT2D eigenvalue weighted by Crippen LogP contribution is -2.54. The Morgan fingerprint density at radius 2 is 2.05 bits per heavy atom. The van der Waals surface area contributed by atoms with Crippen molar-refractivity contribution in [1.29, 1.82) is 0 Å². The van der Waals surface area contributed by atoms with Crippen molar-refractivity contribution < 1.29 is 9.59 Å². The molecule has 0 radical (unpaired) electrons. The third-order valence-corrected chi connectivity index (χ3v) is 4.09. The number of nitrogens with zero attached hydrogens (tertiary/aromatic N) is 1. The van der Waals surface area contributed by atoms with Crippen LogP contribution in [-0.4, -0.2) is 23.9 Å². The second kappa shape index (κ2) is 5.50. The minimum absolute atomic E-state index is 0.204. The number of rotatable bonds is 3. The number of fused-ring (bicyclic) bond motifs is 1. The summed E-state index contributed by atoms with van der Waals surface area (Å²) in [7, 11) is 0. The average Bonchev–Trinajstić information content (AvgIpc) is 2.39. The predicted molar refractivity (Wildman–Crippen MR) is 80.3 cm³/mol. The molecule has 1 aromatic rings. The third-order valence-electron chi connectivity index (χ3n) is 3.37. The standard InChI is InChI=1S/C13H15Cl2N3O2/c1-3-9-13(20)18(6(2)12(16)19)11-5-8(15)7(14)4-10(11)17-9/h4-6,9,17H,3H2,1-2H3,(H2,16,19). The van der Waals surface area contributed by atoms with Gasteiger partial charge < -0.3 is 11.1 Å². The molecule has 2 unspecified atom stereocenters. The van der Waals surface area contributed by atoms with Crippen LogP contribution in [0.5, 0.6) is 0 Å².